The third-order valence-electron chi connectivity index (χ3n) is 2.58. The van der Waals surface area contributed by atoms with Crippen molar-refractivity contribution in [3.63, 3.8) is 0 Å². The summed E-state index contributed by atoms with van der Waals surface area (Å²) in [6.45, 7) is 8.03. The molecule has 0 aliphatic carbocycles. The van der Waals surface area contributed by atoms with Gasteiger partial charge in [0.25, 0.3) is 0 Å². The van der Waals surface area contributed by atoms with E-state index in [0.29, 0.717) is 6.42 Å². The quantitative estimate of drug-likeness (QED) is 0.679. The zero-order valence-corrected chi connectivity index (χ0v) is 10.8. The van der Waals surface area contributed by atoms with Gasteiger partial charge in [0.1, 0.15) is 0 Å². The van der Waals surface area contributed by atoms with Crippen LogP contribution in [0.15, 0.2) is 0 Å². The summed E-state index contributed by atoms with van der Waals surface area (Å²) in [7, 11) is -3.48. The predicted octanol–water partition coefficient (Wildman–Crippen LogP) is 1.54. The van der Waals surface area contributed by atoms with E-state index in [2.05, 4.69) is 0 Å². The minimum Gasteiger partial charge on any atom is -0.465 e. The first-order valence-corrected chi connectivity index (χ1v) is 6.67. The van der Waals surface area contributed by atoms with Crippen molar-refractivity contribution in [3.05, 3.63) is 0 Å². The second-order valence-corrected chi connectivity index (χ2v) is 6.91. The molecule has 4 nitrogen and oxygen atoms in total. The standard InChI is InChI=1S/C10H20O4S/c1-6-8(3)15(12,13)10(4,5)9(11)14-7-2/h8H,6-7H2,1-5H3. The van der Waals surface area contributed by atoms with Crippen LogP contribution in [0.5, 0.6) is 0 Å². The Kier molecular flexibility index (Phi) is 4.77. The van der Waals surface area contributed by atoms with Gasteiger partial charge >= 0.3 is 5.97 Å². The van der Waals surface area contributed by atoms with Gasteiger partial charge in [0, 0.05) is 0 Å². The SMILES string of the molecule is CCOC(=O)C(C)(C)S(=O)(=O)C(C)CC. The van der Waals surface area contributed by atoms with Crippen LogP contribution in [0.3, 0.4) is 0 Å². The van der Waals surface area contributed by atoms with Crippen LogP contribution >= 0.6 is 0 Å². The first kappa shape index (κ1) is 14.4. The van der Waals surface area contributed by atoms with Crippen molar-refractivity contribution in [2.24, 2.45) is 0 Å². The first-order chi connectivity index (χ1) is 6.71. The average molecular weight is 236 g/mol. The molecule has 1 unspecified atom stereocenters. The fourth-order valence-corrected chi connectivity index (χ4v) is 2.88. The van der Waals surface area contributed by atoms with Crippen molar-refractivity contribution in [2.75, 3.05) is 6.61 Å². The van der Waals surface area contributed by atoms with Crippen LogP contribution < -0.4 is 0 Å². The molecule has 0 aliphatic rings. The smallest absolute Gasteiger partial charge is 0.326 e. The van der Waals surface area contributed by atoms with E-state index in [4.69, 9.17) is 4.74 Å². The fraction of sp³-hybridized carbons (Fsp3) is 0.900. The normalized spacial score (nSPS) is 14.7. The highest BCUT2D eigenvalue weighted by atomic mass is 32.2. The van der Waals surface area contributed by atoms with E-state index < -0.39 is 25.8 Å². The third-order valence-corrected chi connectivity index (χ3v) is 5.56. The summed E-state index contributed by atoms with van der Waals surface area (Å²) in [6.07, 6.45) is 0.491. The molecule has 15 heavy (non-hydrogen) atoms. The highest BCUT2D eigenvalue weighted by molar-refractivity contribution is 7.94. The maximum absolute atomic E-state index is 12.0. The van der Waals surface area contributed by atoms with Gasteiger partial charge in [0.05, 0.1) is 11.9 Å². The molecule has 5 heteroatoms. The van der Waals surface area contributed by atoms with Gasteiger partial charge in [-0.3, -0.25) is 4.79 Å². The number of hydrogen-bond acceptors (Lipinski definition) is 4. The monoisotopic (exact) mass is 236 g/mol. The van der Waals surface area contributed by atoms with E-state index >= 15 is 0 Å². The van der Waals surface area contributed by atoms with E-state index in [0.717, 1.165) is 0 Å². The Balaban J connectivity index is 5.10. The van der Waals surface area contributed by atoms with Gasteiger partial charge in [0.2, 0.25) is 0 Å². The molecular weight excluding hydrogens is 216 g/mol. The topological polar surface area (TPSA) is 60.4 Å². The summed E-state index contributed by atoms with van der Waals surface area (Å²) < 4.78 is 27.3. The van der Waals surface area contributed by atoms with Crippen LogP contribution in [0.4, 0.5) is 0 Å². The van der Waals surface area contributed by atoms with Gasteiger partial charge in [0.15, 0.2) is 14.6 Å². The van der Waals surface area contributed by atoms with Crippen LogP contribution in [0.25, 0.3) is 0 Å². The molecule has 0 aromatic heterocycles. The second-order valence-electron chi connectivity index (χ2n) is 3.99. The van der Waals surface area contributed by atoms with Gasteiger partial charge < -0.3 is 4.74 Å². The second kappa shape index (κ2) is 4.96. The van der Waals surface area contributed by atoms with Gasteiger partial charge in [-0.2, -0.15) is 0 Å². The number of carbonyl (C=O) groups is 1. The van der Waals surface area contributed by atoms with Gasteiger partial charge in [-0.15, -0.1) is 0 Å². The minimum atomic E-state index is -3.48. The van der Waals surface area contributed by atoms with Gasteiger partial charge in [-0.1, -0.05) is 6.92 Å². The van der Waals surface area contributed by atoms with Crippen LogP contribution in [-0.2, 0) is 19.4 Å². The molecule has 0 bridgehead atoms. The summed E-state index contributed by atoms with van der Waals surface area (Å²) in [5, 5.41) is -0.531. The maximum atomic E-state index is 12.0. The third kappa shape index (κ3) is 2.71. The van der Waals surface area contributed by atoms with Gasteiger partial charge in [-0.25, -0.2) is 8.42 Å². The van der Waals surface area contributed by atoms with Crippen molar-refractivity contribution in [1.82, 2.24) is 0 Å². The van der Waals surface area contributed by atoms with Crippen molar-refractivity contribution in [3.8, 4) is 0 Å². The number of sulfone groups is 1. The van der Waals surface area contributed by atoms with Crippen LogP contribution in [0.1, 0.15) is 41.0 Å². The summed E-state index contributed by atoms with van der Waals surface area (Å²) in [6, 6.07) is 0. The molecule has 0 aromatic rings. The van der Waals surface area contributed by atoms with Crippen molar-refractivity contribution >= 4 is 15.8 Å². The highest BCUT2D eigenvalue weighted by Crippen LogP contribution is 2.24. The summed E-state index contributed by atoms with van der Waals surface area (Å²) in [4.78, 5) is 11.5. The molecular formula is C10H20O4S. The van der Waals surface area contributed by atoms with Crippen molar-refractivity contribution in [1.29, 1.82) is 0 Å². The molecule has 0 radical (unpaired) electrons. The Bertz CT molecular complexity index is 316. The van der Waals surface area contributed by atoms with Crippen molar-refractivity contribution in [2.45, 2.75) is 51.0 Å². The summed E-state index contributed by atoms with van der Waals surface area (Å²) in [5.74, 6) is -0.676. The lowest BCUT2D eigenvalue weighted by Gasteiger charge is -2.25. The summed E-state index contributed by atoms with van der Waals surface area (Å²) in [5.41, 5.74) is 0. The molecule has 0 rings (SSSR count). The predicted molar refractivity (Wildman–Crippen MR) is 59.4 cm³/mol. The fourth-order valence-electron chi connectivity index (χ4n) is 1.14. The Labute approximate surface area is 91.9 Å². The number of carbonyl (C=O) groups excluding carboxylic acids is 1. The maximum Gasteiger partial charge on any atom is 0.326 e. The minimum absolute atomic E-state index is 0.193. The van der Waals surface area contributed by atoms with E-state index in [1.807, 2.05) is 0 Å². The molecule has 0 saturated heterocycles. The van der Waals surface area contributed by atoms with Crippen molar-refractivity contribution < 1.29 is 17.9 Å². The number of hydrogen-bond donors (Lipinski definition) is 0. The zero-order valence-electron chi connectivity index (χ0n) is 10.0. The Morgan fingerprint density at radius 3 is 2.13 bits per heavy atom. The van der Waals surface area contributed by atoms with E-state index in [1.54, 1.807) is 20.8 Å². The van der Waals surface area contributed by atoms with E-state index in [-0.39, 0.29) is 6.61 Å². The number of ether oxygens (including phenoxy) is 1. The lowest BCUT2D eigenvalue weighted by atomic mass is 10.2. The van der Waals surface area contributed by atoms with Crippen LogP contribution in [-0.4, -0.2) is 31.0 Å². The molecule has 0 N–H and O–H groups in total. The molecule has 0 heterocycles. The summed E-state index contributed by atoms with van der Waals surface area (Å²) >= 11 is 0. The molecule has 90 valence electrons. The first-order valence-electron chi connectivity index (χ1n) is 5.12. The molecule has 0 amide bonds. The van der Waals surface area contributed by atoms with Gasteiger partial charge in [-0.05, 0) is 34.1 Å². The number of rotatable bonds is 5. The molecule has 0 fully saturated rings. The average Bonchev–Trinajstić information content (AvgIpc) is 2.16. The largest absolute Gasteiger partial charge is 0.465 e. The van der Waals surface area contributed by atoms with Crippen LogP contribution in [0, 0.1) is 0 Å². The highest BCUT2D eigenvalue weighted by Gasteiger charge is 2.45. The molecule has 1 atom stereocenters. The number of esters is 1. The lowest BCUT2D eigenvalue weighted by Crippen LogP contribution is -2.46. The molecule has 0 aromatic carbocycles. The zero-order chi connectivity index (χ0) is 12.3. The Morgan fingerprint density at radius 2 is 1.80 bits per heavy atom. The van der Waals surface area contributed by atoms with E-state index in [1.165, 1.54) is 13.8 Å². The Morgan fingerprint density at radius 1 is 1.33 bits per heavy atom. The lowest BCUT2D eigenvalue weighted by molar-refractivity contribution is -0.145. The van der Waals surface area contributed by atoms with E-state index in [9.17, 15) is 13.2 Å². The molecule has 0 spiro atoms. The molecule has 0 saturated carbocycles. The molecule has 0 aliphatic heterocycles. The Hall–Kier alpha value is -0.580. The van der Waals surface area contributed by atoms with Crippen LogP contribution in [0.2, 0.25) is 0 Å².